The van der Waals surface area contributed by atoms with Gasteiger partial charge >= 0.3 is 0 Å². The predicted molar refractivity (Wildman–Crippen MR) is 76.9 cm³/mol. The number of likely N-dealkylation sites (tertiary alicyclic amines) is 1. The zero-order valence-electron chi connectivity index (χ0n) is 12.5. The summed E-state index contributed by atoms with van der Waals surface area (Å²) < 4.78 is 0. The number of aliphatic hydroxyl groups is 1. The molecule has 0 spiro atoms. The standard InChI is InChI=1S/C17H27NO2/c1-10-9-18(3-2-15(10)19)17(20)16-13-5-11-4-12(7-13)8-14(16)6-11/h10-16,19H,2-9H2,1H3. The van der Waals surface area contributed by atoms with E-state index in [9.17, 15) is 9.90 Å². The zero-order valence-corrected chi connectivity index (χ0v) is 12.5. The molecular formula is C17H27NO2. The first-order chi connectivity index (χ1) is 9.61. The minimum Gasteiger partial charge on any atom is -0.393 e. The fourth-order valence-corrected chi connectivity index (χ4v) is 5.87. The Kier molecular flexibility index (Phi) is 3.10. The molecule has 4 aliphatic carbocycles. The molecule has 4 bridgehead atoms. The molecule has 0 aromatic rings. The zero-order chi connectivity index (χ0) is 13.9. The Morgan fingerprint density at radius 1 is 1.05 bits per heavy atom. The van der Waals surface area contributed by atoms with Gasteiger partial charge in [0.15, 0.2) is 0 Å². The summed E-state index contributed by atoms with van der Waals surface area (Å²) in [4.78, 5) is 15.1. The lowest BCUT2D eigenvalue weighted by Crippen LogP contribution is -2.54. The molecule has 0 aromatic heterocycles. The van der Waals surface area contributed by atoms with E-state index in [0.29, 0.717) is 23.7 Å². The molecule has 2 atom stereocenters. The third-order valence-corrected chi connectivity index (χ3v) is 6.68. The predicted octanol–water partition coefficient (Wildman–Crippen LogP) is 2.29. The van der Waals surface area contributed by atoms with Gasteiger partial charge in [-0.15, -0.1) is 0 Å². The Balaban J connectivity index is 1.49. The molecule has 2 unspecified atom stereocenters. The first kappa shape index (κ1) is 13.1. The maximum atomic E-state index is 13.0. The average molecular weight is 277 g/mol. The highest BCUT2D eigenvalue weighted by molar-refractivity contribution is 5.80. The fourth-order valence-electron chi connectivity index (χ4n) is 5.87. The van der Waals surface area contributed by atoms with Crippen molar-refractivity contribution in [2.75, 3.05) is 13.1 Å². The van der Waals surface area contributed by atoms with E-state index in [2.05, 4.69) is 11.8 Å². The van der Waals surface area contributed by atoms with E-state index in [4.69, 9.17) is 0 Å². The van der Waals surface area contributed by atoms with E-state index >= 15 is 0 Å². The summed E-state index contributed by atoms with van der Waals surface area (Å²) in [5.74, 6) is 4.22. The van der Waals surface area contributed by atoms with Crippen LogP contribution in [0.1, 0.15) is 45.4 Å². The van der Waals surface area contributed by atoms with E-state index < -0.39 is 0 Å². The van der Waals surface area contributed by atoms with Crippen molar-refractivity contribution in [2.45, 2.75) is 51.6 Å². The number of nitrogens with zero attached hydrogens (tertiary/aromatic N) is 1. The molecule has 112 valence electrons. The van der Waals surface area contributed by atoms with Crippen molar-refractivity contribution in [3.8, 4) is 0 Å². The second-order valence-electron chi connectivity index (χ2n) is 8.07. The van der Waals surface area contributed by atoms with Crippen LogP contribution < -0.4 is 0 Å². The van der Waals surface area contributed by atoms with Crippen LogP contribution in [0.5, 0.6) is 0 Å². The largest absolute Gasteiger partial charge is 0.393 e. The molecule has 1 N–H and O–H groups in total. The van der Waals surface area contributed by atoms with Crippen LogP contribution in [0.3, 0.4) is 0 Å². The fraction of sp³-hybridized carbons (Fsp3) is 0.941. The van der Waals surface area contributed by atoms with E-state index in [0.717, 1.165) is 31.3 Å². The summed E-state index contributed by atoms with van der Waals surface area (Å²) in [6, 6.07) is 0. The van der Waals surface area contributed by atoms with Crippen molar-refractivity contribution in [3.63, 3.8) is 0 Å². The second-order valence-corrected chi connectivity index (χ2v) is 8.07. The number of aliphatic hydroxyl groups excluding tert-OH is 1. The van der Waals surface area contributed by atoms with Crippen LogP contribution in [0.4, 0.5) is 0 Å². The summed E-state index contributed by atoms with van der Waals surface area (Å²) >= 11 is 0. The van der Waals surface area contributed by atoms with Gasteiger partial charge in [0.05, 0.1) is 6.10 Å². The molecule has 1 heterocycles. The van der Waals surface area contributed by atoms with Gasteiger partial charge in [0.1, 0.15) is 0 Å². The van der Waals surface area contributed by atoms with Crippen molar-refractivity contribution in [1.29, 1.82) is 0 Å². The third-order valence-electron chi connectivity index (χ3n) is 6.68. The number of carbonyl (C=O) groups is 1. The molecule has 5 aliphatic rings. The van der Waals surface area contributed by atoms with Gasteiger partial charge in [0.2, 0.25) is 5.91 Å². The summed E-state index contributed by atoms with van der Waals surface area (Å²) in [6.07, 6.45) is 7.26. The van der Waals surface area contributed by atoms with Gasteiger partial charge in [-0.2, -0.15) is 0 Å². The first-order valence-corrected chi connectivity index (χ1v) is 8.58. The number of carbonyl (C=O) groups excluding carboxylic acids is 1. The summed E-state index contributed by atoms with van der Waals surface area (Å²) in [5, 5.41) is 9.85. The van der Waals surface area contributed by atoms with Crippen molar-refractivity contribution >= 4 is 5.91 Å². The van der Waals surface area contributed by atoms with Crippen LogP contribution in [-0.2, 0) is 4.79 Å². The lowest BCUT2D eigenvalue weighted by atomic mass is 9.51. The SMILES string of the molecule is CC1CN(C(=O)C2C3CC4CC(C3)CC2C4)CCC1O. The first-order valence-electron chi connectivity index (χ1n) is 8.58. The van der Waals surface area contributed by atoms with Gasteiger partial charge in [0.25, 0.3) is 0 Å². The number of hydrogen-bond donors (Lipinski definition) is 1. The molecule has 1 saturated heterocycles. The smallest absolute Gasteiger partial charge is 0.226 e. The molecule has 0 aromatic carbocycles. The number of hydrogen-bond acceptors (Lipinski definition) is 2. The van der Waals surface area contributed by atoms with E-state index in [-0.39, 0.29) is 12.0 Å². The maximum Gasteiger partial charge on any atom is 0.226 e. The van der Waals surface area contributed by atoms with E-state index in [1.165, 1.54) is 32.1 Å². The van der Waals surface area contributed by atoms with Crippen LogP contribution in [0, 0.1) is 35.5 Å². The molecule has 0 radical (unpaired) electrons. The summed E-state index contributed by atoms with van der Waals surface area (Å²) in [5.41, 5.74) is 0. The summed E-state index contributed by atoms with van der Waals surface area (Å²) in [6.45, 7) is 3.61. The van der Waals surface area contributed by atoms with E-state index in [1.807, 2.05) is 0 Å². The lowest BCUT2D eigenvalue weighted by Gasteiger charge is -2.54. The van der Waals surface area contributed by atoms with Gasteiger partial charge in [0, 0.05) is 19.0 Å². The van der Waals surface area contributed by atoms with E-state index in [1.54, 1.807) is 0 Å². The van der Waals surface area contributed by atoms with Crippen molar-refractivity contribution in [1.82, 2.24) is 4.90 Å². The van der Waals surface area contributed by atoms with Gasteiger partial charge in [-0.05, 0) is 68.1 Å². The molecular weight excluding hydrogens is 250 g/mol. The van der Waals surface area contributed by atoms with Crippen molar-refractivity contribution in [3.05, 3.63) is 0 Å². The monoisotopic (exact) mass is 277 g/mol. The van der Waals surface area contributed by atoms with Crippen LogP contribution >= 0.6 is 0 Å². The topological polar surface area (TPSA) is 40.5 Å². The highest BCUT2D eigenvalue weighted by atomic mass is 16.3. The molecule has 3 nitrogen and oxygen atoms in total. The third kappa shape index (κ3) is 2.01. The number of piperidine rings is 1. The number of rotatable bonds is 1. The minimum atomic E-state index is -0.211. The normalized spacial score (nSPS) is 50.5. The molecule has 1 aliphatic heterocycles. The lowest BCUT2D eigenvalue weighted by molar-refractivity contribution is -0.152. The molecule has 4 saturated carbocycles. The van der Waals surface area contributed by atoms with Gasteiger partial charge in [-0.25, -0.2) is 0 Å². The molecule has 20 heavy (non-hydrogen) atoms. The molecule has 1 amide bonds. The van der Waals surface area contributed by atoms with Gasteiger partial charge in [-0.1, -0.05) is 6.92 Å². The van der Waals surface area contributed by atoms with Gasteiger partial charge < -0.3 is 10.0 Å². The van der Waals surface area contributed by atoms with Crippen molar-refractivity contribution in [2.24, 2.45) is 35.5 Å². The van der Waals surface area contributed by atoms with Crippen LogP contribution in [0.15, 0.2) is 0 Å². The van der Waals surface area contributed by atoms with Crippen LogP contribution in [0.2, 0.25) is 0 Å². The Labute approximate surface area is 121 Å². The minimum absolute atomic E-state index is 0.211. The maximum absolute atomic E-state index is 13.0. The summed E-state index contributed by atoms with van der Waals surface area (Å²) in [7, 11) is 0. The van der Waals surface area contributed by atoms with Gasteiger partial charge in [-0.3, -0.25) is 4.79 Å². The Morgan fingerprint density at radius 3 is 2.20 bits per heavy atom. The van der Waals surface area contributed by atoms with Crippen molar-refractivity contribution < 1.29 is 9.90 Å². The highest BCUT2D eigenvalue weighted by Crippen LogP contribution is 2.56. The van der Waals surface area contributed by atoms with Crippen LogP contribution in [0.25, 0.3) is 0 Å². The Bertz CT molecular complexity index is 380. The number of amides is 1. The molecule has 5 rings (SSSR count). The Morgan fingerprint density at radius 2 is 1.65 bits per heavy atom. The average Bonchev–Trinajstić information content (AvgIpc) is 2.40. The van der Waals surface area contributed by atoms with Crippen LogP contribution in [-0.4, -0.2) is 35.1 Å². The molecule has 5 fully saturated rings. The highest BCUT2D eigenvalue weighted by Gasteiger charge is 2.51. The Hall–Kier alpha value is -0.570. The quantitative estimate of drug-likeness (QED) is 0.799. The molecule has 3 heteroatoms. The second kappa shape index (κ2) is 4.72.